The molecule has 2 atom stereocenters. The highest BCUT2D eigenvalue weighted by atomic mass is 32.2. The third-order valence-electron chi connectivity index (χ3n) is 3.99. The number of aryl methyl sites for hydroxylation is 1. The molecule has 25 heavy (non-hydrogen) atoms. The maximum Gasteiger partial charge on any atom is 0.242 e. The van der Waals surface area contributed by atoms with Crippen molar-refractivity contribution in [2.45, 2.75) is 36.8 Å². The van der Waals surface area contributed by atoms with Gasteiger partial charge in [0.2, 0.25) is 15.9 Å². The lowest BCUT2D eigenvalue weighted by atomic mass is 9.99. The SMILES string of the molecule is CCOc1ccc(S(=O)(=O)N[C@H]2CCCO[C@@H]2c2cnn(C)c2)cn1. The van der Waals surface area contributed by atoms with E-state index in [4.69, 9.17) is 9.47 Å². The number of aromatic nitrogens is 3. The first kappa shape index (κ1) is 17.8. The second-order valence-electron chi connectivity index (χ2n) is 5.87. The number of rotatable bonds is 6. The molecule has 9 heteroatoms. The predicted octanol–water partition coefficient (Wildman–Crippen LogP) is 1.41. The summed E-state index contributed by atoms with van der Waals surface area (Å²) in [6, 6.07) is 2.69. The van der Waals surface area contributed by atoms with Gasteiger partial charge in [0.1, 0.15) is 11.0 Å². The van der Waals surface area contributed by atoms with Crippen LogP contribution in [-0.4, -0.2) is 42.4 Å². The van der Waals surface area contributed by atoms with Gasteiger partial charge >= 0.3 is 0 Å². The van der Waals surface area contributed by atoms with Crippen LogP contribution < -0.4 is 9.46 Å². The molecular weight excluding hydrogens is 344 g/mol. The molecule has 2 aromatic heterocycles. The molecule has 2 aromatic rings. The molecule has 136 valence electrons. The van der Waals surface area contributed by atoms with Crippen molar-refractivity contribution in [3.8, 4) is 5.88 Å². The molecule has 0 radical (unpaired) electrons. The molecule has 1 aliphatic heterocycles. The summed E-state index contributed by atoms with van der Waals surface area (Å²) in [6.07, 6.45) is 5.99. The van der Waals surface area contributed by atoms with Crippen molar-refractivity contribution in [3.63, 3.8) is 0 Å². The standard InChI is InChI=1S/C16H22N4O4S/c1-3-23-15-7-6-13(10-17-15)25(21,22)19-14-5-4-8-24-16(14)12-9-18-20(2)11-12/h6-7,9-11,14,16,19H,3-5,8H2,1-2H3/t14-,16+/m0/s1. The zero-order valence-corrected chi connectivity index (χ0v) is 15.1. The second kappa shape index (κ2) is 7.51. The molecule has 1 aliphatic rings. The fourth-order valence-corrected chi connectivity index (χ4v) is 4.06. The highest BCUT2D eigenvalue weighted by molar-refractivity contribution is 7.89. The summed E-state index contributed by atoms with van der Waals surface area (Å²) in [4.78, 5) is 4.13. The van der Waals surface area contributed by atoms with Gasteiger partial charge in [0.05, 0.1) is 25.0 Å². The lowest BCUT2D eigenvalue weighted by molar-refractivity contribution is -0.00446. The number of nitrogens with one attached hydrogen (secondary N) is 1. The van der Waals surface area contributed by atoms with Crippen LogP contribution in [0.1, 0.15) is 31.4 Å². The maximum absolute atomic E-state index is 12.7. The van der Waals surface area contributed by atoms with Crippen LogP contribution in [0, 0.1) is 0 Å². The fourth-order valence-electron chi connectivity index (χ4n) is 2.84. The molecular formula is C16H22N4O4S. The van der Waals surface area contributed by atoms with Crippen LogP contribution in [0.4, 0.5) is 0 Å². The van der Waals surface area contributed by atoms with Gasteiger partial charge in [-0.25, -0.2) is 18.1 Å². The van der Waals surface area contributed by atoms with Crippen LogP contribution >= 0.6 is 0 Å². The molecule has 0 saturated carbocycles. The van der Waals surface area contributed by atoms with Crippen molar-refractivity contribution in [3.05, 3.63) is 36.3 Å². The minimum Gasteiger partial charge on any atom is -0.478 e. The molecule has 8 nitrogen and oxygen atoms in total. The van der Waals surface area contributed by atoms with Gasteiger partial charge in [0.25, 0.3) is 0 Å². The number of sulfonamides is 1. The molecule has 0 spiro atoms. The van der Waals surface area contributed by atoms with Crippen molar-refractivity contribution < 1.29 is 17.9 Å². The van der Waals surface area contributed by atoms with Crippen molar-refractivity contribution >= 4 is 10.0 Å². The van der Waals surface area contributed by atoms with E-state index >= 15 is 0 Å². The average molecular weight is 366 g/mol. The summed E-state index contributed by atoms with van der Waals surface area (Å²) in [5.74, 6) is 0.399. The first-order chi connectivity index (χ1) is 12.0. The smallest absolute Gasteiger partial charge is 0.242 e. The van der Waals surface area contributed by atoms with Crippen molar-refractivity contribution in [2.24, 2.45) is 7.05 Å². The molecule has 0 aliphatic carbocycles. The van der Waals surface area contributed by atoms with Crippen molar-refractivity contribution in [1.29, 1.82) is 0 Å². The highest BCUT2D eigenvalue weighted by Crippen LogP contribution is 2.29. The van der Waals surface area contributed by atoms with Crippen LogP contribution in [0.15, 0.2) is 35.6 Å². The molecule has 0 amide bonds. The minimum atomic E-state index is -3.70. The van der Waals surface area contributed by atoms with Crippen LogP contribution in [-0.2, 0) is 21.8 Å². The summed E-state index contributed by atoms with van der Waals surface area (Å²) in [5, 5.41) is 4.14. The summed E-state index contributed by atoms with van der Waals surface area (Å²) in [5.41, 5.74) is 0.861. The first-order valence-electron chi connectivity index (χ1n) is 8.21. The van der Waals surface area contributed by atoms with E-state index in [1.165, 1.54) is 12.3 Å². The lowest BCUT2D eigenvalue weighted by Gasteiger charge is -2.31. The van der Waals surface area contributed by atoms with Gasteiger partial charge in [-0.2, -0.15) is 5.10 Å². The third-order valence-corrected chi connectivity index (χ3v) is 5.47. The second-order valence-corrected chi connectivity index (χ2v) is 7.59. The lowest BCUT2D eigenvalue weighted by Crippen LogP contribution is -2.42. The van der Waals surface area contributed by atoms with Gasteiger partial charge in [-0.05, 0) is 25.8 Å². The first-order valence-corrected chi connectivity index (χ1v) is 9.69. The summed E-state index contributed by atoms with van der Waals surface area (Å²) >= 11 is 0. The van der Waals surface area contributed by atoms with Gasteiger partial charge in [0, 0.05) is 31.5 Å². The molecule has 3 rings (SSSR count). The molecule has 1 fully saturated rings. The van der Waals surface area contributed by atoms with E-state index < -0.39 is 10.0 Å². The van der Waals surface area contributed by atoms with E-state index in [9.17, 15) is 8.42 Å². The summed E-state index contributed by atoms with van der Waals surface area (Å²) in [6.45, 7) is 2.92. The zero-order valence-electron chi connectivity index (χ0n) is 14.3. The van der Waals surface area contributed by atoms with Gasteiger partial charge in [-0.3, -0.25) is 4.68 Å². The van der Waals surface area contributed by atoms with Gasteiger partial charge in [-0.15, -0.1) is 0 Å². The molecule has 0 bridgehead atoms. The van der Waals surface area contributed by atoms with Crippen LogP contribution in [0.5, 0.6) is 5.88 Å². The Morgan fingerprint density at radius 3 is 2.88 bits per heavy atom. The topological polar surface area (TPSA) is 95.3 Å². The van der Waals surface area contributed by atoms with E-state index in [0.717, 1.165) is 12.0 Å². The average Bonchev–Trinajstić information content (AvgIpc) is 3.02. The number of pyridine rings is 1. The zero-order chi connectivity index (χ0) is 17.9. The highest BCUT2D eigenvalue weighted by Gasteiger charge is 2.32. The van der Waals surface area contributed by atoms with E-state index in [1.54, 1.807) is 16.9 Å². The number of hydrogen-bond acceptors (Lipinski definition) is 6. The normalized spacial score (nSPS) is 21.2. The van der Waals surface area contributed by atoms with Gasteiger partial charge in [-0.1, -0.05) is 0 Å². The monoisotopic (exact) mass is 366 g/mol. The van der Waals surface area contributed by atoms with E-state index in [0.29, 0.717) is 25.5 Å². The van der Waals surface area contributed by atoms with Crippen molar-refractivity contribution in [2.75, 3.05) is 13.2 Å². The Kier molecular flexibility index (Phi) is 5.36. The summed E-state index contributed by atoms with van der Waals surface area (Å²) in [7, 11) is -1.88. The van der Waals surface area contributed by atoms with E-state index in [-0.39, 0.29) is 17.0 Å². The molecule has 3 heterocycles. The Balaban J connectivity index is 1.78. The third kappa shape index (κ3) is 4.17. The molecule has 1 N–H and O–H groups in total. The maximum atomic E-state index is 12.7. The van der Waals surface area contributed by atoms with Crippen LogP contribution in [0.3, 0.4) is 0 Å². The minimum absolute atomic E-state index is 0.103. The van der Waals surface area contributed by atoms with Crippen LogP contribution in [0.2, 0.25) is 0 Å². The Labute approximate surface area is 147 Å². The Morgan fingerprint density at radius 1 is 1.40 bits per heavy atom. The fraction of sp³-hybridized carbons (Fsp3) is 0.500. The van der Waals surface area contributed by atoms with E-state index in [2.05, 4.69) is 14.8 Å². The summed E-state index contributed by atoms with van der Waals surface area (Å²) < 4.78 is 40.8. The molecule has 0 unspecified atom stereocenters. The Hall–Kier alpha value is -1.97. The quantitative estimate of drug-likeness (QED) is 0.831. The molecule has 1 saturated heterocycles. The number of ether oxygens (including phenoxy) is 2. The van der Waals surface area contributed by atoms with E-state index in [1.807, 2.05) is 20.2 Å². The van der Waals surface area contributed by atoms with Gasteiger partial charge < -0.3 is 9.47 Å². The predicted molar refractivity (Wildman–Crippen MR) is 90.7 cm³/mol. The Morgan fingerprint density at radius 2 is 2.24 bits per heavy atom. The van der Waals surface area contributed by atoms with Crippen molar-refractivity contribution in [1.82, 2.24) is 19.5 Å². The number of nitrogens with zero attached hydrogens (tertiary/aromatic N) is 3. The Bertz CT molecular complexity index is 804. The number of hydrogen-bond donors (Lipinski definition) is 1. The largest absolute Gasteiger partial charge is 0.478 e. The van der Waals surface area contributed by atoms with Gasteiger partial charge in [0.15, 0.2) is 0 Å². The molecule has 0 aromatic carbocycles. The van der Waals surface area contributed by atoms with Crippen LogP contribution in [0.25, 0.3) is 0 Å².